The third-order valence-electron chi connectivity index (χ3n) is 3.67. The van der Waals surface area contributed by atoms with Crippen molar-refractivity contribution in [3.63, 3.8) is 0 Å². The van der Waals surface area contributed by atoms with Gasteiger partial charge in [-0.3, -0.25) is 4.79 Å². The summed E-state index contributed by atoms with van der Waals surface area (Å²) >= 11 is 0. The Balaban J connectivity index is 1.58. The molecule has 0 radical (unpaired) electrons. The largest absolute Gasteiger partial charge is 0.378 e. The fourth-order valence-corrected chi connectivity index (χ4v) is 2.59. The molecule has 98 valence electrons. The van der Waals surface area contributed by atoms with E-state index in [0.29, 0.717) is 6.10 Å². The average Bonchev–Trinajstić information content (AvgIpc) is 2.41. The Morgan fingerprint density at radius 1 is 1.24 bits per heavy atom. The maximum absolute atomic E-state index is 11.8. The predicted molar refractivity (Wildman–Crippen MR) is 66.9 cm³/mol. The predicted octanol–water partition coefficient (Wildman–Crippen LogP) is 1.20. The SMILES string of the molecule is O=C(NCCC1CCCCO1)C1CCCCN1. The van der Waals surface area contributed by atoms with Gasteiger partial charge in [0.2, 0.25) is 5.91 Å². The van der Waals surface area contributed by atoms with Crippen molar-refractivity contribution in [2.24, 2.45) is 0 Å². The van der Waals surface area contributed by atoms with E-state index in [9.17, 15) is 4.79 Å². The third-order valence-corrected chi connectivity index (χ3v) is 3.67. The molecule has 2 atom stereocenters. The number of amides is 1. The van der Waals surface area contributed by atoms with E-state index in [1.807, 2.05) is 0 Å². The lowest BCUT2D eigenvalue weighted by Gasteiger charge is -2.24. The van der Waals surface area contributed by atoms with Crippen LogP contribution < -0.4 is 10.6 Å². The van der Waals surface area contributed by atoms with E-state index in [1.165, 1.54) is 19.3 Å². The summed E-state index contributed by atoms with van der Waals surface area (Å²) < 4.78 is 5.64. The minimum absolute atomic E-state index is 0.0380. The molecule has 0 spiro atoms. The van der Waals surface area contributed by atoms with Crippen LogP contribution in [-0.2, 0) is 9.53 Å². The Kier molecular flexibility index (Phi) is 5.26. The first-order chi connectivity index (χ1) is 8.36. The number of rotatable bonds is 4. The highest BCUT2D eigenvalue weighted by Gasteiger charge is 2.20. The maximum Gasteiger partial charge on any atom is 0.237 e. The second-order valence-corrected chi connectivity index (χ2v) is 5.07. The Morgan fingerprint density at radius 2 is 2.12 bits per heavy atom. The first kappa shape index (κ1) is 12.8. The van der Waals surface area contributed by atoms with Gasteiger partial charge in [0.25, 0.3) is 0 Å². The molecule has 2 heterocycles. The highest BCUT2D eigenvalue weighted by atomic mass is 16.5. The summed E-state index contributed by atoms with van der Waals surface area (Å²) in [5.41, 5.74) is 0. The van der Waals surface area contributed by atoms with Crippen molar-refractivity contribution in [3.05, 3.63) is 0 Å². The lowest BCUT2D eigenvalue weighted by atomic mass is 10.0. The number of nitrogens with one attached hydrogen (secondary N) is 2. The van der Waals surface area contributed by atoms with Crippen LogP contribution in [0.1, 0.15) is 44.9 Å². The molecule has 2 saturated heterocycles. The number of ether oxygens (including phenoxy) is 1. The highest BCUT2D eigenvalue weighted by molar-refractivity contribution is 5.81. The molecule has 0 aromatic heterocycles. The molecule has 17 heavy (non-hydrogen) atoms. The Morgan fingerprint density at radius 3 is 2.82 bits per heavy atom. The molecule has 2 unspecified atom stereocenters. The number of carbonyl (C=O) groups excluding carboxylic acids is 1. The second kappa shape index (κ2) is 6.97. The summed E-state index contributed by atoms with van der Waals surface area (Å²) in [7, 11) is 0. The molecule has 2 aliphatic heterocycles. The van der Waals surface area contributed by atoms with Crippen LogP contribution in [0.4, 0.5) is 0 Å². The molecule has 2 aliphatic rings. The standard InChI is InChI=1S/C13H24N2O2/c16-13(12-6-1-3-8-14-12)15-9-7-11-5-2-4-10-17-11/h11-12,14H,1-10H2,(H,15,16). The zero-order valence-electron chi connectivity index (χ0n) is 10.5. The molecule has 0 bridgehead atoms. The number of piperidine rings is 1. The van der Waals surface area contributed by atoms with Crippen LogP contribution in [0.2, 0.25) is 0 Å². The van der Waals surface area contributed by atoms with Gasteiger partial charge in [0.05, 0.1) is 12.1 Å². The fraction of sp³-hybridized carbons (Fsp3) is 0.923. The first-order valence-electron chi connectivity index (χ1n) is 6.99. The quantitative estimate of drug-likeness (QED) is 0.776. The molecular weight excluding hydrogens is 216 g/mol. The summed E-state index contributed by atoms with van der Waals surface area (Å²) in [6, 6.07) is 0.0380. The van der Waals surface area contributed by atoms with Crippen LogP contribution in [0.25, 0.3) is 0 Å². The van der Waals surface area contributed by atoms with E-state index >= 15 is 0 Å². The molecule has 0 aromatic rings. The van der Waals surface area contributed by atoms with E-state index < -0.39 is 0 Å². The molecular formula is C13H24N2O2. The molecule has 0 aliphatic carbocycles. The van der Waals surface area contributed by atoms with Crippen LogP contribution in [0.15, 0.2) is 0 Å². The van der Waals surface area contributed by atoms with Crippen molar-refractivity contribution in [1.29, 1.82) is 0 Å². The van der Waals surface area contributed by atoms with E-state index in [-0.39, 0.29) is 11.9 Å². The van der Waals surface area contributed by atoms with Crippen molar-refractivity contribution in [1.82, 2.24) is 10.6 Å². The highest BCUT2D eigenvalue weighted by Crippen LogP contribution is 2.15. The van der Waals surface area contributed by atoms with Crippen LogP contribution in [0, 0.1) is 0 Å². The van der Waals surface area contributed by atoms with Crippen LogP contribution in [-0.4, -0.2) is 37.7 Å². The summed E-state index contributed by atoms with van der Waals surface area (Å²) in [5.74, 6) is 0.167. The van der Waals surface area contributed by atoms with E-state index in [1.54, 1.807) is 0 Å². The Bertz CT molecular complexity index is 234. The molecule has 2 fully saturated rings. The van der Waals surface area contributed by atoms with Crippen LogP contribution in [0.3, 0.4) is 0 Å². The van der Waals surface area contributed by atoms with Gasteiger partial charge in [-0.1, -0.05) is 6.42 Å². The zero-order valence-corrected chi connectivity index (χ0v) is 10.5. The first-order valence-corrected chi connectivity index (χ1v) is 6.99. The topological polar surface area (TPSA) is 50.4 Å². The van der Waals surface area contributed by atoms with E-state index in [2.05, 4.69) is 10.6 Å². The minimum Gasteiger partial charge on any atom is -0.378 e. The van der Waals surface area contributed by atoms with Gasteiger partial charge in [-0.15, -0.1) is 0 Å². The molecule has 4 heteroatoms. The van der Waals surface area contributed by atoms with Gasteiger partial charge in [-0.2, -0.15) is 0 Å². The molecule has 4 nitrogen and oxygen atoms in total. The number of carbonyl (C=O) groups is 1. The molecule has 2 rings (SSSR count). The Hall–Kier alpha value is -0.610. The van der Waals surface area contributed by atoms with Crippen LogP contribution in [0.5, 0.6) is 0 Å². The van der Waals surface area contributed by atoms with Gasteiger partial charge >= 0.3 is 0 Å². The molecule has 0 aromatic carbocycles. The van der Waals surface area contributed by atoms with Gasteiger partial charge < -0.3 is 15.4 Å². The maximum atomic E-state index is 11.8. The van der Waals surface area contributed by atoms with Crippen LogP contribution >= 0.6 is 0 Å². The number of hydrogen-bond acceptors (Lipinski definition) is 3. The summed E-state index contributed by atoms with van der Waals surface area (Å²) in [6.45, 7) is 2.62. The van der Waals surface area contributed by atoms with Gasteiger partial charge in [-0.25, -0.2) is 0 Å². The van der Waals surface area contributed by atoms with Crippen molar-refractivity contribution >= 4 is 5.91 Å². The summed E-state index contributed by atoms with van der Waals surface area (Å²) in [5, 5.41) is 6.28. The van der Waals surface area contributed by atoms with Crippen molar-refractivity contribution < 1.29 is 9.53 Å². The van der Waals surface area contributed by atoms with Crippen molar-refractivity contribution in [2.45, 2.75) is 57.1 Å². The summed E-state index contributed by atoms with van der Waals surface area (Å²) in [4.78, 5) is 11.8. The van der Waals surface area contributed by atoms with Gasteiger partial charge in [0.1, 0.15) is 0 Å². The second-order valence-electron chi connectivity index (χ2n) is 5.07. The lowest BCUT2D eigenvalue weighted by Crippen LogP contribution is -2.47. The van der Waals surface area contributed by atoms with Crippen molar-refractivity contribution in [2.75, 3.05) is 19.7 Å². The van der Waals surface area contributed by atoms with Gasteiger partial charge in [0.15, 0.2) is 0 Å². The lowest BCUT2D eigenvalue weighted by molar-refractivity contribution is -0.123. The third kappa shape index (κ3) is 4.28. The zero-order chi connectivity index (χ0) is 11.9. The normalized spacial score (nSPS) is 29.9. The van der Waals surface area contributed by atoms with Crippen molar-refractivity contribution in [3.8, 4) is 0 Å². The van der Waals surface area contributed by atoms with Gasteiger partial charge in [-0.05, 0) is 45.1 Å². The smallest absolute Gasteiger partial charge is 0.237 e. The van der Waals surface area contributed by atoms with E-state index in [4.69, 9.17) is 4.74 Å². The molecule has 0 saturated carbocycles. The molecule has 2 N–H and O–H groups in total. The molecule has 1 amide bonds. The van der Waals surface area contributed by atoms with E-state index in [0.717, 1.165) is 45.4 Å². The van der Waals surface area contributed by atoms with Gasteiger partial charge in [0, 0.05) is 13.2 Å². The fourth-order valence-electron chi connectivity index (χ4n) is 2.59. The minimum atomic E-state index is 0.0380. The monoisotopic (exact) mass is 240 g/mol. The number of hydrogen-bond donors (Lipinski definition) is 2. The summed E-state index contributed by atoms with van der Waals surface area (Å²) in [6.07, 6.45) is 8.26. The Labute approximate surface area is 103 Å². The average molecular weight is 240 g/mol.